The van der Waals surface area contributed by atoms with Crippen molar-refractivity contribution in [3.63, 3.8) is 0 Å². The summed E-state index contributed by atoms with van der Waals surface area (Å²) in [4.78, 5) is 20.3. The van der Waals surface area contributed by atoms with E-state index in [1.54, 1.807) is 12.3 Å². The molecule has 166 valence electrons. The molecule has 1 fully saturated rings. The average molecular weight is 433 g/mol. The third-order valence-electron chi connectivity index (χ3n) is 5.70. The Morgan fingerprint density at radius 2 is 1.75 bits per heavy atom. The first kappa shape index (κ1) is 21.9. The third kappa shape index (κ3) is 5.49. The van der Waals surface area contributed by atoms with Crippen LogP contribution in [0.25, 0.3) is 0 Å². The topological polar surface area (TPSA) is 71.7 Å². The van der Waals surface area contributed by atoms with Crippen molar-refractivity contribution in [1.82, 2.24) is 9.88 Å². The van der Waals surface area contributed by atoms with Gasteiger partial charge in [-0.1, -0.05) is 48.5 Å². The number of nitro groups is 1. The van der Waals surface area contributed by atoms with Crippen LogP contribution in [0.15, 0.2) is 72.9 Å². The molecule has 0 bridgehead atoms. The van der Waals surface area contributed by atoms with Crippen LogP contribution < -0.4 is 4.90 Å². The Morgan fingerprint density at radius 1 is 1.00 bits per heavy atom. The molecule has 7 heteroatoms. The molecule has 0 saturated carbocycles. The minimum atomic E-state index is -0.350. The summed E-state index contributed by atoms with van der Waals surface area (Å²) in [5, 5.41) is 11.8. The van der Waals surface area contributed by atoms with E-state index in [9.17, 15) is 10.1 Å². The van der Waals surface area contributed by atoms with Gasteiger partial charge in [-0.25, -0.2) is 4.98 Å². The first-order chi connectivity index (χ1) is 15.7. The zero-order chi connectivity index (χ0) is 22.2. The molecule has 1 saturated heterocycles. The molecule has 0 N–H and O–H groups in total. The summed E-state index contributed by atoms with van der Waals surface area (Å²) in [6.45, 7) is 4.93. The number of ether oxygens (including phenoxy) is 1. The van der Waals surface area contributed by atoms with Crippen molar-refractivity contribution in [3.8, 4) is 0 Å². The number of pyridine rings is 1. The Balaban J connectivity index is 1.64. The lowest BCUT2D eigenvalue weighted by Gasteiger charge is -2.29. The highest BCUT2D eigenvalue weighted by molar-refractivity contribution is 5.70. The lowest BCUT2D eigenvalue weighted by molar-refractivity contribution is -0.384. The lowest BCUT2D eigenvalue weighted by Crippen LogP contribution is -2.38. The fourth-order valence-corrected chi connectivity index (χ4v) is 4.10. The molecule has 1 aliphatic rings. The van der Waals surface area contributed by atoms with E-state index in [1.165, 1.54) is 11.6 Å². The van der Waals surface area contributed by atoms with Gasteiger partial charge in [0.25, 0.3) is 0 Å². The Morgan fingerprint density at radius 3 is 2.53 bits per heavy atom. The summed E-state index contributed by atoms with van der Waals surface area (Å²) >= 11 is 0. The van der Waals surface area contributed by atoms with Crippen molar-refractivity contribution in [2.75, 3.05) is 44.3 Å². The van der Waals surface area contributed by atoms with Crippen LogP contribution in [0, 0.1) is 10.1 Å². The van der Waals surface area contributed by atoms with Gasteiger partial charge in [0.15, 0.2) is 0 Å². The SMILES string of the molecule is O=[N+]([O-])c1cccnc1N(CCCN1CCOCC1)c1ccccc1Cc1ccccc1. The van der Waals surface area contributed by atoms with Crippen molar-refractivity contribution in [1.29, 1.82) is 0 Å². The van der Waals surface area contributed by atoms with Crippen LogP contribution in [0.5, 0.6) is 0 Å². The van der Waals surface area contributed by atoms with Gasteiger partial charge in [-0.05, 0) is 36.1 Å². The van der Waals surface area contributed by atoms with Crippen LogP contribution in [0.4, 0.5) is 17.2 Å². The van der Waals surface area contributed by atoms with Crippen LogP contribution in [0.2, 0.25) is 0 Å². The second-order valence-electron chi connectivity index (χ2n) is 7.85. The average Bonchev–Trinajstić information content (AvgIpc) is 2.84. The van der Waals surface area contributed by atoms with E-state index in [1.807, 2.05) is 41.3 Å². The Kier molecular flexibility index (Phi) is 7.42. The molecule has 0 radical (unpaired) electrons. The van der Waals surface area contributed by atoms with Gasteiger partial charge in [-0.2, -0.15) is 0 Å². The summed E-state index contributed by atoms with van der Waals surface area (Å²) in [5.41, 5.74) is 3.29. The number of para-hydroxylation sites is 1. The summed E-state index contributed by atoms with van der Waals surface area (Å²) < 4.78 is 5.44. The molecular weight excluding hydrogens is 404 g/mol. The molecule has 0 amide bonds. The quantitative estimate of drug-likeness (QED) is 0.368. The maximum absolute atomic E-state index is 11.8. The van der Waals surface area contributed by atoms with E-state index in [0.29, 0.717) is 12.4 Å². The number of morpholine rings is 1. The molecule has 1 aliphatic heterocycles. The normalized spacial score (nSPS) is 14.2. The number of aromatic nitrogens is 1. The van der Waals surface area contributed by atoms with Crippen LogP contribution in [-0.2, 0) is 11.2 Å². The van der Waals surface area contributed by atoms with Crippen molar-refractivity contribution < 1.29 is 9.66 Å². The molecule has 1 aromatic heterocycles. The van der Waals surface area contributed by atoms with E-state index in [0.717, 1.165) is 56.9 Å². The van der Waals surface area contributed by atoms with Gasteiger partial charge in [0.05, 0.1) is 18.1 Å². The Bertz CT molecular complexity index is 1020. The molecule has 0 unspecified atom stereocenters. The standard InChI is InChI=1S/C25H28N4O3/c30-29(31)24-12-6-13-26-25(24)28(15-7-14-27-16-18-32-19-17-27)23-11-5-4-10-22(23)20-21-8-2-1-3-9-21/h1-6,8-13H,7,14-20H2. The number of hydrogen-bond donors (Lipinski definition) is 0. The van der Waals surface area contributed by atoms with E-state index in [-0.39, 0.29) is 10.6 Å². The van der Waals surface area contributed by atoms with E-state index in [2.05, 4.69) is 28.1 Å². The summed E-state index contributed by atoms with van der Waals surface area (Å²) in [5.74, 6) is 0.389. The van der Waals surface area contributed by atoms with Crippen LogP contribution in [0.1, 0.15) is 17.5 Å². The second kappa shape index (κ2) is 10.8. The second-order valence-corrected chi connectivity index (χ2v) is 7.85. The van der Waals surface area contributed by atoms with Gasteiger partial charge in [0.2, 0.25) is 5.82 Å². The van der Waals surface area contributed by atoms with Gasteiger partial charge in [-0.15, -0.1) is 0 Å². The van der Waals surface area contributed by atoms with Gasteiger partial charge < -0.3 is 9.64 Å². The first-order valence-corrected chi connectivity index (χ1v) is 11.0. The highest BCUT2D eigenvalue weighted by atomic mass is 16.6. The van der Waals surface area contributed by atoms with Gasteiger partial charge in [0, 0.05) is 44.1 Å². The predicted octanol–water partition coefficient (Wildman–Crippen LogP) is 4.44. The van der Waals surface area contributed by atoms with E-state index >= 15 is 0 Å². The maximum Gasteiger partial charge on any atom is 0.311 e. The fraction of sp³-hybridized carbons (Fsp3) is 0.320. The van der Waals surface area contributed by atoms with Gasteiger partial charge >= 0.3 is 5.69 Å². The Labute approximate surface area is 188 Å². The minimum absolute atomic E-state index is 0.0217. The third-order valence-corrected chi connectivity index (χ3v) is 5.70. The molecule has 3 aromatic rings. The largest absolute Gasteiger partial charge is 0.379 e. The van der Waals surface area contributed by atoms with E-state index < -0.39 is 0 Å². The maximum atomic E-state index is 11.8. The molecule has 4 rings (SSSR count). The molecule has 32 heavy (non-hydrogen) atoms. The molecule has 0 atom stereocenters. The molecule has 2 heterocycles. The Hall–Kier alpha value is -3.29. The monoisotopic (exact) mass is 432 g/mol. The lowest BCUT2D eigenvalue weighted by atomic mass is 10.0. The fourth-order valence-electron chi connectivity index (χ4n) is 4.10. The van der Waals surface area contributed by atoms with Gasteiger partial charge in [0.1, 0.15) is 0 Å². The number of nitrogens with zero attached hydrogens (tertiary/aromatic N) is 4. The van der Waals surface area contributed by atoms with Crippen LogP contribution in [0.3, 0.4) is 0 Å². The number of anilines is 2. The summed E-state index contributed by atoms with van der Waals surface area (Å²) in [6, 6.07) is 21.5. The van der Waals surface area contributed by atoms with Crippen molar-refractivity contribution in [2.24, 2.45) is 0 Å². The number of benzene rings is 2. The van der Waals surface area contributed by atoms with Crippen LogP contribution in [-0.4, -0.2) is 54.2 Å². The molecule has 0 aliphatic carbocycles. The zero-order valence-corrected chi connectivity index (χ0v) is 18.1. The minimum Gasteiger partial charge on any atom is -0.379 e. The van der Waals surface area contributed by atoms with E-state index in [4.69, 9.17) is 4.74 Å². The number of rotatable bonds is 9. The van der Waals surface area contributed by atoms with Gasteiger partial charge in [-0.3, -0.25) is 15.0 Å². The first-order valence-electron chi connectivity index (χ1n) is 11.0. The summed E-state index contributed by atoms with van der Waals surface area (Å²) in [7, 11) is 0. The zero-order valence-electron chi connectivity index (χ0n) is 18.1. The molecule has 0 spiro atoms. The smallest absolute Gasteiger partial charge is 0.311 e. The molecular formula is C25H28N4O3. The molecule has 2 aromatic carbocycles. The highest BCUT2D eigenvalue weighted by Crippen LogP contribution is 2.34. The predicted molar refractivity (Wildman–Crippen MR) is 125 cm³/mol. The number of hydrogen-bond acceptors (Lipinski definition) is 6. The summed E-state index contributed by atoms with van der Waals surface area (Å²) in [6.07, 6.45) is 3.24. The van der Waals surface area contributed by atoms with Crippen molar-refractivity contribution in [3.05, 3.63) is 94.2 Å². The highest BCUT2D eigenvalue weighted by Gasteiger charge is 2.24. The molecule has 7 nitrogen and oxygen atoms in total. The van der Waals surface area contributed by atoms with Crippen molar-refractivity contribution >= 4 is 17.2 Å². The van der Waals surface area contributed by atoms with Crippen molar-refractivity contribution in [2.45, 2.75) is 12.8 Å². The van der Waals surface area contributed by atoms with Crippen LogP contribution >= 0.6 is 0 Å².